The van der Waals surface area contributed by atoms with Gasteiger partial charge in [-0.1, -0.05) is 24.3 Å². The van der Waals surface area contributed by atoms with E-state index in [2.05, 4.69) is 20.8 Å². The molecule has 0 saturated carbocycles. The Morgan fingerprint density at radius 2 is 1.88 bits per heavy atom. The fourth-order valence-electron chi connectivity index (χ4n) is 5.17. The van der Waals surface area contributed by atoms with E-state index in [0.29, 0.717) is 63.5 Å². The number of aromatic nitrogens is 4. The molecule has 2 atom stereocenters. The maximum Gasteiger partial charge on any atom is 0.239 e. The van der Waals surface area contributed by atoms with Gasteiger partial charge >= 0.3 is 0 Å². The molecule has 0 aliphatic carbocycles. The number of rotatable bonds is 5. The number of likely N-dealkylation sites (N-methyl/N-ethyl adjacent to an activating group) is 1. The van der Waals surface area contributed by atoms with Gasteiger partial charge in [0, 0.05) is 32.6 Å². The summed E-state index contributed by atoms with van der Waals surface area (Å²) in [5.41, 5.74) is 1.73. The second kappa shape index (κ2) is 13.4. The number of nitrogens with one attached hydrogen (secondary N) is 1. The van der Waals surface area contributed by atoms with E-state index in [1.165, 1.54) is 11.2 Å². The Morgan fingerprint density at radius 3 is 2.63 bits per heavy atom. The molecule has 2 aromatic carbocycles. The second-order valence-corrected chi connectivity index (χ2v) is 10.3. The molecular formula is C29H35N7O5. The van der Waals surface area contributed by atoms with E-state index >= 15 is 0 Å². The maximum atomic E-state index is 13.2. The van der Waals surface area contributed by atoms with E-state index < -0.39 is 6.04 Å². The molecule has 3 heterocycles. The minimum Gasteiger partial charge on any atom is -0.457 e. The third-order valence-corrected chi connectivity index (χ3v) is 7.34. The largest absolute Gasteiger partial charge is 0.457 e. The third kappa shape index (κ3) is 7.66. The number of likely N-dealkylation sites (tertiary alicyclic amines) is 1. The second-order valence-electron chi connectivity index (χ2n) is 10.3. The molecule has 2 aliphatic heterocycles. The van der Waals surface area contributed by atoms with Gasteiger partial charge in [0.05, 0.1) is 31.7 Å². The quantitative estimate of drug-likeness (QED) is 0.500. The van der Waals surface area contributed by atoms with Crippen LogP contribution in [0.4, 0.5) is 0 Å². The van der Waals surface area contributed by atoms with Crippen molar-refractivity contribution in [2.45, 2.75) is 57.9 Å². The van der Waals surface area contributed by atoms with Crippen LogP contribution in [0.15, 0.2) is 54.9 Å². The van der Waals surface area contributed by atoms with Crippen LogP contribution >= 0.6 is 0 Å². The number of ether oxygens (including phenoxy) is 2. The zero-order valence-electron chi connectivity index (χ0n) is 23.1. The van der Waals surface area contributed by atoms with Gasteiger partial charge in [-0.25, -0.2) is 4.68 Å². The molecule has 1 N–H and O–H groups in total. The molecule has 1 fully saturated rings. The molecule has 2 aliphatic rings. The Hall–Kier alpha value is -4.32. The lowest BCUT2D eigenvalue weighted by Gasteiger charge is -2.39. The highest BCUT2D eigenvalue weighted by Crippen LogP contribution is 2.25. The van der Waals surface area contributed by atoms with Gasteiger partial charge in [-0.3, -0.25) is 14.4 Å². The average molecular weight is 562 g/mol. The van der Waals surface area contributed by atoms with E-state index in [4.69, 9.17) is 9.47 Å². The van der Waals surface area contributed by atoms with E-state index in [0.717, 1.165) is 11.1 Å². The molecule has 4 bridgehead atoms. The number of aryl methyl sites for hydroxylation is 1. The SMILES string of the molecule is CCN1CC(=O)N[C@H]2CN(C(=O)CCCn3cnnn3)CC[C@@H]2OCc2cccc(c2)Oc2cccc(c2)CC1=O. The first kappa shape index (κ1) is 28.2. The van der Waals surface area contributed by atoms with Gasteiger partial charge in [0.2, 0.25) is 17.7 Å². The van der Waals surface area contributed by atoms with Crippen LogP contribution in [-0.2, 0) is 38.7 Å². The number of carbonyl (C=O) groups is 3. The number of amides is 3. The average Bonchev–Trinajstić information content (AvgIpc) is 3.48. The lowest BCUT2D eigenvalue weighted by molar-refractivity contribution is -0.139. The van der Waals surface area contributed by atoms with E-state index in [1.807, 2.05) is 55.5 Å². The van der Waals surface area contributed by atoms with Crippen molar-refractivity contribution in [3.8, 4) is 11.5 Å². The topological polar surface area (TPSA) is 132 Å². The van der Waals surface area contributed by atoms with Crippen LogP contribution in [0.25, 0.3) is 0 Å². The van der Waals surface area contributed by atoms with Gasteiger partial charge in [-0.15, -0.1) is 5.10 Å². The van der Waals surface area contributed by atoms with Gasteiger partial charge in [-0.2, -0.15) is 0 Å². The van der Waals surface area contributed by atoms with Gasteiger partial charge in [-0.05, 0) is 65.6 Å². The first-order valence-corrected chi connectivity index (χ1v) is 14.0. The van der Waals surface area contributed by atoms with Crippen molar-refractivity contribution in [3.05, 3.63) is 66.0 Å². The van der Waals surface area contributed by atoms with Crippen molar-refractivity contribution in [1.82, 2.24) is 35.3 Å². The highest BCUT2D eigenvalue weighted by atomic mass is 16.5. The molecule has 12 heteroatoms. The molecule has 5 rings (SSSR count). The number of carbonyl (C=O) groups excluding carboxylic acids is 3. The van der Waals surface area contributed by atoms with Crippen molar-refractivity contribution in [1.29, 1.82) is 0 Å². The van der Waals surface area contributed by atoms with Crippen molar-refractivity contribution >= 4 is 17.7 Å². The van der Waals surface area contributed by atoms with Crippen molar-refractivity contribution in [2.24, 2.45) is 0 Å². The smallest absolute Gasteiger partial charge is 0.239 e. The number of hydrogen-bond acceptors (Lipinski definition) is 8. The summed E-state index contributed by atoms with van der Waals surface area (Å²) in [6.07, 6.45) is 2.89. The molecule has 12 nitrogen and oxygen atoms in total. The summed E-state index contributed by atoms with van der Waals surface area (Å²) in [6, 6.07) is 14.7. The molecule has 216 valence electrons. The fraction of sp³-hybridized carbons (Fsp3) is 0.448. The van der Waals surface area contributed by atoms with Crippen molar-refractivity contribution in [2.75, 3.05) is 26.2 Å². The summed E-state index contributed by atoms with van der Waals surface area (Å²) in [5.74, 6) is 0.873. The van der Waals surface area contributed by atoms with Gasteiger partial charge in [0.1, 0.15) is 17.8 Å². The Labute approximate surface area is 238 Å². The molecule has 0 radical (unpaired) electrons. The van der Waals surface area contributed by atoms with Crippen LogP contribution in [0.2, 0.25) is 0 Å². The standard InChI is InChI=1S/C29H35N7O5/c1-2-34-18-27(37)31-25-17-35(28(38)10-5-12-36-20-30-32-33-36)13-11-26(25)40-19-22-7-4-9-24(15-22)41-23-8-3-6-21(14-23)16-29(34)39/h3-4,6-9,14-15,20,25-26H,2,5,10-13,16-19H2,1H3,(H,31,37)/t25-,26-/m0/s1. The number of hydrogen-bond donors (Lipinski definition) is 1. The highest BCUT2D eigenvalue weighted by Gasteiger charge is 2.33. The first-order valence-electron chi connectivity index (χ1n) is 14.0. The Bertz CT molecular complexity index is 1350. The van der Waals surface area contributed by atoms with E-state index in [1.54, 1.807) is 9.58 Å². The highest BCUT2D eigenvalue weighted by molar-refractivity contribution is 5.86. The summed E-state index contributed by atoms with van der Waals surface area (Å²) in [5, 5.41) is 14.1. The predicted octanol–water partition coefficient (Wildman–Crippen LogP) is 1.95. The monoisotopic (exact) mass is 561 g/mol. The molecule has 1 aromatic heterocycles. The molecular weight excluding hydrogens is 526 g/mol. The number of fused-ring (bicyclic) bond motifs is 5. The van der Waals surface area contributed by atoms with Gasteiger partial charge < -0.3 is 24.6 Å². The van der Waals surface area contributed by atoms with Crippen molar-refractivity contribution in [3.63, 3.8) is 0 Å². The minimum absolute atomic E-state index is 0.00568. The minimum atomic E-state index is -0.418. The van der Waals surface area contributed by atoms with Crippen LogP contribution in [0.3, 0.4) is 0 Å². The lowest BCUT2D eigenvalue weighted by Crippen LogP contribution is -2.58. The number of piperidine rings is 1. The van der Waals surface area contributed by atoms with Crippen LogP contribution in [-0.4, -0.2) is 86.1 Å². The van der Waals surface area contributed by atoms with E-state index in [-0.39, 0.29) is 36.8 Å². The predicted molar refractivity (Wildman–Crippen MR) is 148 cm³/mol. The van der Waals surface area contributed by atoms with Gasteiger partial charge in [0.25, 0.3) is 0 Å². The van der Waals surface area contributed by atoms with Crippen LogP contribution < -0.4 is 10.1 Å². The zero-order chi connectivity index (χ0) is 28.6. The normalized spacial score (nSPS) is 20.0. The number of nitrogens with zero attached hydrogens (tertiary/aromatic N) is 6. The number of tetrazole rings is 1. The molecule has 0 spiro atoms. The summed E-state index contributed by atoms with van der Waals surface area (Å²) < 4.78 is 14.0. The molecule has 3 amide bonds. The third-order valence-electron chi connectivity index (χ3n) is 7.34. The van der Waals surface area contributed by atoms with Crippen LogP contribution in [0.1, 0.15) is 37.3 Å². The Kier molecular flexibility index (Phi) is 9.19. The zero-order valence-corrected chi connectivity index (χ0v) is 23.1. The number of benzene rings is 2. The van der Waals surface area contributed by atoms with Crippen LogP contribution in [0.5, 0.6) is 11.5 Å². The maximum absolute atomic E-state index is 13.2. The molecule has 3 aromatic rings. The first-order chi connectivity index (χ1) is 20.0. The summed E-state index contributed by atoms with van der Waals surface area (Å²) in [7, 11) is 0. The molecule has 41 heavy (non-hydrogen) atoms. The van der Waals surface area contributed by atoms with Crippen molar-refractivity contribution < 1.29 is 23.9 Å². The lowest BCUT2D eigenvalue weighted by atomic mass is 10.0. The Balaban J connectivity index is 1.31. The van der Waals surface area contributed by atoms with Crippen LogP contribution in [0, 0.1) is 0 Å². The molecule has 0 unspecified atom stereocenters. The summed E-state index contributed by atoms with van der Waals surface area (Å²) in [4.78, 5) is 42.6. The Morgan fingerprint density at radius 1 is 1.10 bits per heavy atom. The summed E-state index contributed by atoms with van der Waals surface area (Å²) >= 11 is 0. The summed E-state index contributed by atoms with van der Waals surface area (Å²) in [6.45, 7) is 3.90. The van der Waals surface area contributed by atoms with E-state index in [9.17, 15) is 14.4 Å². The molecule has 1 saturated heterocycles. The fourth-order valence-corrected chi connectivity index (χ4v) is 5.17. The van der Waals surface area contributed by atoms with Gasteiger partial charge in [0.15, 0.2) is 0 Å².